The second kappa shape index (κ2) is 11.9. The van der Waals surface area contributed by atoms with Gasteiger partial charge in [0.1, 0.15) is 17.3 Å². The van der Waals surface area contributed by atoms with E-state index in [1.807, 2.05) is 6.07 Å². The first-order valence-corrected chi connectivity index (χ1v) is 12.7. The molecule has 2 aromatic rings. The maximum atomic E-state index is 13.5. The van der Waals surface area contributed by atoms with E-state index in [1.54, 1.807) is 4.90 Å². The largest absolute Gasteiger partial charge is 0.465 e. The lowest BCUT2D eigenvalue weighted by molar-refractivity contribution is -0.396. The summed E-state index contributed by atoms with van der Waals surface area (Å²) in [5.74, 6) is -1.58. The zero-order valence-electron chi connectivity index (χ0n) is 22.8. The summed E-state index contributed by atoms with van der Waals surface area (Å²) in [6, 6.07) is 8.10. The number of morpholine rings is 1. The number of hydrogen-bond donors (Lipinski definition) is 2. The molecule has 14 heteroatoms. The number of primary amides is 1. The van der Waals surface area contributed by atoms with Crippen molar-refractivity contribution in [1.29, 1.82) is 5.26 Å². The number of nitrogens with zero attached hydrogens (tertiary/aromatic N) is 4. The fraction of sp³-hybridized carbons (Fsp3) is 0.321. The number of allylic oxidation sites excluding steroid dienone is 1. The molecule has 2 aromatic carbocycles. The third kappa shape index (κ3) is 5.77. The van der Waals surface area contributed by atoms with Crippen LogP contribution in [0.4, 0.5) is 23.7 Å². The van der Waals surface area contributed by atoms with Crippen molar-refractivity contribution in [3.63, 3.8) is 0 Å². The Kier molecular flexibility index (Phi) is 8.53. The number of carbonyl (C=O) groups is 3. The lowest BCUT2D eigenvalue weighted by atomic mass is 9.88. The summed E-state index contributed by atoms with van der Waals surface area (Å²) in [6.45, 7) is 2.89. The van der Waals surface area contributed by atoms with Gasteiger partial charge in [0.15, 0.2) is 0 Å². The van der Waals surface area contributed by atoms with Crippen LogP contribution in [0.25, 0.3) is 0 Å². The Morgan fingerprint density at radius 3 is 2.45 bits per heavy atom. The predicted molar refractivity (Wildman–Crippen MR) is 142 cm³/mol. The van der Waals surface area contributed by atoms with Gasteiger partial charge in [0.2, 0.25) is 5.91 Å². The number of hydrogen-bond acceptors (Lipinski definition) is 7. The molecular weight excluding hydrogens is 557 g/mol. The number of halogens is 3. The van der Waals surface area contributed by atoms with Gasteiger partial charge in [-0.05, 0) is 48.4 Å². The molecule has 2 heterocycles. The Hall–Kier alpha value is -4.90. The minimum atomic E-state index is -4.68. The first-order valence-electron chi connectivity index (χ1n) is 12.7. The summed E-state index contributed by atoms with van der Waals surface area (Å²) >= 11 is 0. The summed E-state index contributed by atoms with van der Waals surface area (Å²) in [5.41, 5.74) is 11.8. The van der Waals surface area contributed by atoms with E-state index in [9.17, 15) is 32.8 Å². The van der Waals surface area contributed by atoms with E-state index in [0.717, 1.165) is 34.8 Å². The van der Waals surface area contributed by atoms with E-state index in [4.69, 9.17) is 20.9 Å². The standard InChI is InChI=1S/C28H27F3N6O5/c1-16-23(25(39)41-2)24(21-7-6-17(15-32)12-18(21)13-22(38)35-8-10-42-11-9-35)37(27(34)40)26(33)36(16)20-5-3-4-19(14-20)28(29,30)31/h3-7,12,14,24,33H,8-11,13H2,1-2H3,(H2,34,40)/p+1/t24-/m1/s1. The smallest absolute Gasteiger partial charge is 0.416 e. The van der Waals surface area contributed by atoms with Gasteiger partial charge < -0.3 is 20.1 Å². The van der Waals surface area contributed by atoms with Crippen LogP contribution in [0.1, 0.15) is 35.2 Å². The van der Waals surface area contributed by atoms with Crippen LogP contribution in [-0.4, -0.2) is 71.7 Å². The molecule has 42 heavy (non-hydrogen) atoms. The molecule has 0 unspecified atom stereocenters. The van der Waals surface area contributed by atoms with Crippen LogP contribution in [0.2, 0.25) is 0 Å². The van der Waals surface area contributed by atoms with E-state index in [-0.39, 0.29) is 46.4 Å². The predicted octanol–water partition coefficient (Wildman–Crippen LogP) is 2.52. The number of amides is 3. The van der Waals surface area contributed by atoms with Gasteiger partial charge in [-0.15, -0.1) is 0 Å². The highest BCUT2D eigenvalue weighted by atomic mass is 19.4. The van der Waals surface area contributed by atoms with Crippen molar-refractivity contribution < 1.29 is 41.6 Å². The maximum absolute atomic E-state index is 13.5. The number of rotatable bonds is 5. The van der Waals surface area contributed by atoms with Crippen molar-refractivity contribution in [3.8, 4) is 6.07 Å². The molecule has 3 amide bonds. The topological polar surface area (TPSA) is 155 Å². The van der Waals surface area contributed by atoms with Crippen LogP contribution >= 0.6 is 0 Å². The van der Waals surface area contributed by atoms with Gasteiger partial charge >= 0.3 is 24.1 Å². The van der Waals surface area contributed by atoms with Gasteiger partial charge in [-0.1, -0.05) is 12.1 Å². The number of guanidine groups is 1. The van der Waals surface area contributed by atoms with Crippen LogP contribution in [0.15, 0.2) is 53.7 Å². The molecule has 0 aromatic heterocycles. The molecule has 0 radical (unpaired) electrons. The molecule has 0 aliphatic carbocycles. The Labute approximate surface area is 239 Å². The highest BCUT2D eigenvalue weighted by Crippen LogP contribution is 2.40. The summed E-state index contributed by atoms with van der Waals surface area (Å²) < 4.78 is 52.0. The maximum Gasteiger partial charge on any atom is 0.416 e. The summed E-state index contributed by atoms with van der Waals surface area (Å²) in [4.78, 5) is 41.9. The van der Waals surface area contributed by atoms with Crippen LogP contribution in [0, 0.1) is 11.3 Å². The average Bonchev–Trinajstić information content (AvgIpc) is 2.96. The Balaban J connectivity index is 1.93. The van der Waals surface area contributed by atoms with E-state index in [2.05, 4.69) is 0 Å². The fourth-order valence-electron chi connectivity index (χ4n) is 5.09. The van der Waals surface area contributed by atoms with Crippen LogP contribution in [-0.2, 0) is 31.7 Å². The van der Waals surface area contributed by atoms with Gasteiger partial charge in [-0.3, -0.25) is 10.5 Å². The molecule has 11 nitrogen and oxygen atoms in total. The van der Waals surface area contributed by atoms with E-state index >= 15 is 0 Å². The van der Waals surface area contributed by atoms with Crippen LogP contribution in [0.5, 0.6) is 0 Å². The molecule has 2 aliphatic heterocycles. The lowest BCUT2D eigenvalue weighted by Gasteiger charge is -2.34. The molecule has 4 rings (SSSR count). The number of methoxy groups -OCH3 is 1. The summed E-state index contributed by atoms with van der Waals surface area (Å²) in [7, 11) is 1.10. The molecule has 0 spiro atoms. The number of ether oxygens (including phenoxy) is 2. The number of nitriles is 1. The van der Waals surface area contributed by atoms with Crippen molar-refractivity contribution in [1.82, 2.24) is 9.80 Å². The third-order valence-corrected chi connectivity index (χ3v) is 7.08. The van der Waals surface area contributed by atoms with Crippen molar-refractivity contribution in [2.75, 3.05) is 33.4 Å². The molecule has 0 saturated carbocycles. The molecule has 2 aliphatic rings. The molecule has 0 bridgehead atoms. The van der Waals surface area contributed by atoms with Gasteiger partial charge in [0, 0.05) is 13.1 Å². The van der Waals surface area contributed by atoms with E-state index in [1.165, 1.54) is 31.2 Å². The molecule has 1 atom stereocenters. The number of urea groups is 1. The van der Waals surface area contributed by atoms with Crippen molar-refractivity contribution in [2.24, 2.45) is 11.5 Å². The van der Waals surface area contributed by atoms with Gasteiger partial charge in [-0.25, -0.2) is 14.2 Å². The summed E-state index contributed by atoms with van der Waals surface area (Å²) in [6.07, 6.45) is -4.88. The Bertz CT molecular complexity index is 1540. The number of benzene rings is 2. The first-order chi connectivity index (χ1) is 19.9. The summed E-state index contributed by atoms with van der Waals surface area (Å²) in [5, 5.41) is 9.55. The van der Waals surface area contributed by atoms with Gasteiger partial charge in [-0.2, -0.15) is 23.3 Å². The second-order valence-electron chi connectivity index (χ2n) is 9.54. The van der Waals surface area contributed by atoms with Gasteiger partial charge in [0.25, 0.3) is 0 Å². The Morgan fingerprint density at radius 2 is 1.86 bits per heavy atom. The second-order valence-corrected chi connectivity index (χ2v) is 9.54. The molecule has 220 valence electrons. The monoisotopic (exact) mass is 585 g/mol. The zero-order valence-corrected chi connectivity index (χ0v) is 22.8. The van der Waals surface area contributed by atoms with Crippen LogP contribution < -0.4 is 11.5 Å². The SMILES string of the molecule is COC(=O)C1=C(C)[N+](c2cccc(C(F)(F)F)c2)=C(N)N(C(N)=O)[C@@H]1c1ccc(C#N)cc1CC(=O)N1CCOCC1. The zero-order chi connectivity index (χ0) is 30.8. The highest BCUT2D eigenvalue weighted by Gasteiger charge is 2.47. The average molecular weight is 586 g/mol. The minimum Gasteiger partial charge on any atom is -0.465 e. The molecule has 1 fully saturated rings. The number of esters is 1. The van der Waals surface area contributed by atoms with Gasteiger partial charge in [0.05, 0.1) is 49.6 Å². The lowest BCUT2D eigenvalue weighted by Crippen LogP contribution is -2.54. The van der Waals surface area contributed by atoms with Crippen molar-refractivity contribution in [2.45, 2.75) is 25.6 Å². The third-order valence-electron chi connectivity index (χ3n) is 7.08. The molecule has 1 saturated heterocycles. The fourth-order valence-corrected chi connectivity index (χ4v) is 5.09. The molecular formula is C28H28F3N6O5+. The van der Waals surface area contributed by atoms with E-state index < -0.39 is 29.8 Å². The number of alkyl halides is 3. The van der Waals surface area contributed by atoms with Crippen LogP contribution in [0.3, 0.4) is 0 Å². The quantitative estimate of drug-likeness (QED) is 0.404. The first kappa shape index (κ1) is 30.1. The molecule has 4 N–H and O–H groups in total. The van der Waals surface area contributed by atoms with E-state index in [0.29, 0.717) is 31.9 Å². The van der Waals surface area contributed by atoms with Crippen molar-refractivity contribution >= 4 is 29.6 Å². The highest BCUT2D eigenvalue weighted by molar-refractivity contribution is 5.99. The normalized spacial score (nSPS) is 17.7. The number of nitrogens with two attached hydrogens (primary N) is 2. The minimum absolute atomic E-state index is 0.0657. The number of carbonyl (C=O) groups excluding carboxylic acids is 3. The van der Waals surface area contributed by atoms with Crippen molar-refractivity contribution in [3.05, 3.63) is 76.0 Å². The Morgan fingerprint density at radius 1 is 1.17 bits per heavy atom.